The highest BCUT2D eigenvalue weighted by molar-refractivity contribution is 5.95. The molecule has 0 spiro atoms. The highest BCUT2D eigenvalue weighted by Crippen LogP contribution is 2.27. The number of nitrogens with one attached hydrogen (secondary N) is 1. The molecule has 0 unspecified atom stereocenters. The van der Waals surface area contributed by atoms with Crippen LogP contribution in [0.1, 0.15) is 46.0 Å². The molecule has 1 aromatic rings. The molecule has 2 fully saturated rings. The van der Waals surface area contributed by atoms with Crippen LogP contribution in [0.2, 0.25) is 0 Å². The molecule has 0 bridgehead atoms. The van der Waals surface area contributed by atoms with Gasteiger partial charge in [0.15, 0.2) is 0 Å². The Morgan fingerprint density at radius 2 is 2.28 bits per heavy atom. The van der Waals surface area contributed by atoms with E-state index >= 15 is 0 Å². The van der Waals surface area contributed by atoms with Crippen LogP contribution in [-0.2, 0) is 14.3 Å². The molecule has 6 heteroatoms. The van der Waals surface area contributed by atoms with E-state index in [0.29, 0.717) is 30.5 Å². The Bertz CT molecular complexity index is 615. The Kier molecular flexibility index (Phi) is 5.68. The summed E-state index contributed by atoms with van der Waals surface area (Å²) in [4.78, 5) is 30.1. The van der Waals surface area contributed by atoms with E-state index in [-0.39, 0.29) is 17.9 Å². The average Bonchev–Trinajstić information content (AvgIpc) is 3.02. The predicted molar refractivity (Wildman–Crippen MR) is 96.4 cm³/mol. The molecule has 25 heavy (non-hydrogen) atoms. The number of ether oxygens (including phenoxy) is 1. The first-order chi connectivity index (χ1) is 12.0. The van der Waals surface area contributed by atoms with Gasteiger partial charge in [0.25, 0.3) is 0 Å². The molecule has 3 heterocycles. The fraction of sp³-hybridized carbons (Fsp3) is 0.632. The van der Waals surface area contributed by atoms with Crippen LogP contribution >= 0.6 is 0 Å². The minimum Gasteiger partial charge on any atom is -0.378 e. The van der Waals surface area contributed by atoms with Crippen molar-refractivity contribution in [3.63, 3.8) is 0 Å². The number of nitrogens with zero attached hydrogens (tertiary/aromatic N) is 2. The third kappa shape index (κ3) is 4.57. The van der Waals surface area contributed by atoms with Crippen LogP contribution in [0.3, 0.4) is 0 Å². The van der Waals surface area contributed by atoms with Crippen LogP contribution in [0.15, 0.2) is 18.3 Å². The third-order valence-corrected chi connectivity index (χ3v) is 5.04. The number of amides is 2. The molecule has 2 aliphatic heterocycles. The lowest BCUT2D eigenvalue weighted by atomic mass is 9.88. The highest BCUT2D eigenvalue weighted by Gasteiger charge is 2.26. The molecule has 0 radical (unpaired) electrons. The van der Waals surface area contributed by atoms with Gasteiger partial charge >= 0.3 is 0 Å². The Labute approximate surface area is 148 Å². The molecule has 0 saturated carbocycles. The van der Waals surface area contributed by atoms with Crippen molar-refractivity contribution in [3.8, 4) is 0 Å². The minimum absolute atomic E-state index is 0.00750. The quantitative estimate of drug-likeness (QED) is 0.890. The Morgan fingerprint density at radius 1 is 1.44 bits per heavy atom. The SMILES string of the molecule is CC(C)[C@H]1C[C@@H](CC(=O)Nc2ccc(N3CCCC3=O)cn2)CCO1. The molecule has 1 N–H and O–H groups in total. The van der Waals surface area contributed by atoms with Gasteiger partial charge in [-0.15, -0.1) is 0 Å². The molecule has 2 amide bonds. The van der Waals surface area contributed by atoms with Crippen LogP contribution in [0, 0.1) is 11.8 Å². The molecule has 2 atom stereocenters. The number of hydrogen-bond donors (Lipinski definition) is 1. The second-order valence-electron chi connectivity index (χ2n) is 7.35. The molecule has 0 aliphatic carbocycles. The largest absolute Gasteiger partial charge is 0.378 e. The van der Waals surface area contributed by atoms with E-state index in [9.17, 15) is 9.59 Å². The summed E-state index contributed by atoms with van der Waals surface area (Å²) in [7, 11) is 0. The second-order valence-corrected chi connectivity index (χ2v) is 7.35. The number of pyridine rings is 1. The normalized spacial score (nSPS) is 24.0. The number of rotatable bonds is 5. The summed E-state index contributed by atoms with van der Waals surface area (Å²) < 4.78 is 5.76. The predicted octanol–water partition coefficient (Wildman–Crippen LogP) is 2.99. The summed E-state index contributed by atoms with van der Waals surface area (Å²) in [5, 5.41) is 2.87. The minimum atomic E-state index is -0.00750. The van der Waals surface area contributed by atoms with Crippen molar-refractivity contribution in [3.05, 3.63) is 18.3 Å². The second kappa shape index (κ2) is 7.95. The number of anilines is 2. The number of carbonyl (C=O) groups is 2. The summed E-state index contributed by atoms with van der Waals surface area (Å²) in [6.45, 7) is 5.79. The molecule has 1 aromatic heterocycles. The molecular formula is C19H27N3O3. The topological polar surface area (TPSA) is 71.5 Å². The van der Waals surface area contributed by atoms with Gasteiger partial charge < -0.3 is 15.0 Å². The van der Waals surface area contributed by atoms with Gasteiger partial charge in [-0.05, 0) is 43.2 Å². The van der Waals surface area contributed by atoms with Crippen molar-refractivity contribution in [2.24, 2.45) is 11.8 Å². The zero-order chi connectivity index (χ0) is 17.8. The molecule has 136 valence electrons. The van der Waals surface area contributed by atoms with E-state index < -0.39 is 0 Å². The van der Waals surface area contributed by atoms with Crippen molar-refractivity contribution in [2.45, 2.75) is 52.1 Å². The Morgan fingerprint density at radius 3 is 2.92 bits per heavy atom. The summed E-state index contributed by atoms with van der Waals surface area (Å²) in [6, 6.07) is 3.61. The van der Waals surface area contributed by atoms with Gasteiger partial charge in [0.05, 0.1) is 18.0 Å². The molecule has 6 nitrogen and oxygen atoms in total. The zero-order valence-electron chi connectivity index (χ0n) is 15.0. The number of hydrogen-bond acceptors (Lipinski definition) is 4. The van der Waals surface area contributed by atoms with E-state index in [1.807, 2.05) is 6.07 Å². The van der Waals surface area contributed by atoms with Crippen molar-refractivity contribution < 1.29 is 14.3 Å². The third-order valence-electron chi connectivity index (χ3n) is 5.04. The molecule has 2 saturated heterocycles. The smallest absolute Gasteiger partial charge is 0.227 e. The molecule has 0 aromatic carbocycles. The zero-order valence-corrected chi connectivity index (χ0v) is 15.0. The molecule has 2 aliphatic rings. The summed E-state index contributed by atoms with van der Waals surface area (Å²) in [5.74, 6) is 1.51. The maximum atomic E-state index is 12.3. The summed E-state index contributed by atoms with van der Waals surface area (Å²) in [5.41, 5.74) is 0.796. The van der Waals surface area contributed by atoms with Crippen LogP contribution in [0.5, 0.6) is 0 Å². The van der Waals surface area contributed by atoms with E-state index in [0.717, 1.165) is 38.1 Å². The lowest BCUT2D eigenvalue weighted by Crippen LogP contribution is -2.31. The molecule has 3 rings (SSSR count). The van der Waals surface area contributed by atoms with Gasteiger partial charge in [0.2, 0.25) is 11.8 Å². The van der Waals surface area contributed by atoms with E-state index in [1.54, 1.807) is 17.2 Å². The van der Waals surface area contributed by atoms with Gasteiger partial charge in [-0.2, -0.15) is 0 Å². The van der Waals surface area contributed by atoms with Crippen LogP contribution in [0.25, 0.3) is 0 Å². The average molecular weight is 345 g/mol. The van der Waals surface area contributed by atoms with E-state index in [1.165, 1.54) is 0 Å². The first-order valence-electron chi connectivity index (χ1n) is 9.21. The van der Waals surface area contributed by atoms with E-state index in [2.05, 4.69) is 24.1 Å². The summed E-state index contributed by atoms with van der Waals surface area (Å²) >= 11 is 0. The van der Waals surface area contributed by atoms with E-state index in [4.69, 9.17) is 4.74 Å². The maximum Gasteiger partial charge on any atom is 0.227 e. The fourth-order valence-corrected chi connectivity index (χ4v) is 3.55. The summed E-state index contributed by atoms with van der Waals surface area (Å²) in [6.07, 6.45) is 5.76. The standard InChI is InChI=1S/C19H27N3O3/c1-13(2)16-10-14(7-9-25-16)11-18(23)21-17-6-5-15(12-20-17)22-8-3-4-19(22)24/h5-6,12-14,16H,3-4,7-11H2,1-2H3,(H,20,21,23)/t14-,16+/m0/s1. The van der Waals surface area contributed by atoms with Gasteiger partial charge in [0.1, 0.15) is 5.82 Å². The first-order valence-corrected chi connectivity index (χ1v) is 9.21. The van der Waals surface area contributed by atoms with Crippen LogP contribution in [0.4, 0.5) is 11.5 Å². The highest BCUT2D eigenvalue weighted by atomic mass is 16.5. The molecular weight excluding hydrogens is 318 g/mol. The van der Waals surface area contributed by atoms with Crippen molar-refractivity contribution >= 4 is 23.3 Å². The van der Waals surface area contributed by atoms with Crippen molar-refractivity contribution in [2.75, 3.05) is 23.4 Å². The Hall–Kier alpha value is -1.95. The van der Waals surface area contributed by atoms with Gasteiger partial charge in [-0.25, -0.2) is 4.98 Å². The number of aromatic nitrogens is 1. The van der Waals surface area contributed by atoms with Crippen molar-refractivity contribution in [1.82, 2.24) is 4.98 Å². The van der Waals surface area contributed by atoms with Gasteiger partial charge in [-0.3, -0.25) is 9.59 Å². The Balaban J connectivity index is 1.51. The van der Waals surface area contributed by atoms with Crippen LogP contribution in [-0.4, -0.2) is 36.1 Å². The van der Waals surface area contributed by atoms with Gasteiger partial charge in [0, 0.05) is 26.0 Å². The monoisotopic (exact) mass is 345 g/mol. The number of carbonyl (C=O) groups excluding carboxylic acids is 2. The lowest BCUT2D eigenvalue weighted by molar-refractivity contribution is -0.119. The lowest BCUT2D eigenvalue weighted by Gasteiger charge is -2.31. The first kappa shape index (κ1) is 17.9. The fourth-order valence-electron chi connectivity index (χ4n) is 3.55. The van der Waals surface area contributed by atoms with Crippen molar-refractivity contribution in [1.29, 1.82) is 0 Å². The van der Waals surface area contributed by atoms with Gasteiger partial charge in [-0.1, -0.05) is 13.8 Å². The maximum absolute atomic E-state index is 12.3. The van der Waals surface area contributed by atoms with Crippen LogP contribution < -0.4 is 10.2 Å².